The molecule has 0 saturated heterocycles. The van der Waals surface area contributed by atoms with Crippen molar-refractivity contribution in [3.05, 3.63) is 35.9 Å². The zero-order valence-corrected chi connectivity index (χ0v) is 9.77. The van der Waals surface area contributed by atoms with Crippen molar-refractivity contribution in [1.29, 1.82) is 0 Å². The van der Waals surface area contributed by atoms with E-state index < -0.39 is 0 Å². The second kappa shape index (κ2) is 6.77. The molecule has 1 amide bonds. The van der Waals surface area contributed by atoms with Crippen molar-refractivity contribution in [2.75, 3.05) is 6.61 Å². The highest BCUT2D eigenvalue weighted by atomic mass is 16.5. The number of hydrogen-bond donors (Lipinski definition) is 0. The van der Waals surface area contributed by atoms with E-state index in [0.29, 0.717) is 24.5 Å². The Labute approximate surface area is 96.2 Å². The van der Waals surface area contributed by atoms with E-state index in [1.807, 2.05) is 32.0 Å². The fourth-order valence-electron chi connectivity index (χ4n) is 1.30. The number of amides is 1. The van der Waals surface area contributed by atoms with Crippen LogP contribution in [0.25, 0.3) is 0 Å². The summed E-state index contributed by atoms with van der Waals surface area (Å²) >= 11 is 0. The van der Waals surface area contributed by atoms with E-state index >= 15 is 0 Å². The number of carbonyl (C=O) groups is 1. The first-order valence-corrected chi connectivity index (χ1v) is 5.57. The van der Waals surface area contributed by atoms with Crippen molar-refractivity contribution in [2.45, 2.75) is 26.7 Å². The van der Waals surface area contributed by atoms with Gasteiger partial charge in [0.25, 0.3) is 5.91 Å². The van der Waals surface area contributed by atoms with Gasteiger partial charge in [-0.25, -0.2) is 0 Å². The summed E-state index contributed by atoms with van der Waals surface area (Å²) in [4.78, 5) is 15.7. The maximum atomic E-state index is 11.7. The number of carbonyl (C=O) groups excluding carboxylic acids is 1. The summed E-state index contributed by atoms with van der Waals surface area (Å²) in [7, 11) is 0. The van der Waals surface area contributed by atoms with Gasteiger partial charge in [-0.2, -0.15) is 4.99 Å². The minimum Gasteiger partial charge on any atom is -0.481 e. The number of aliphatic imine (C=N–C) groups is 1. The molecular formula is C13H17NO2. The Hall–Kier alpha value is -1.64. The van der Waals surface area contributed by atoms with Crippen molar-refractivity contribution in [1.82, 2.24) is 0 Å². The summed E-state index contributed by atoms with van der Waals surface area (Å²) in [5.41, 5.74) is 0.593. The third kappa shape index (κ3) is 3.85. The normalized spacial score (nSPS) is 11.2. The minimum atomic E-state index is -0.238. The van der Waals surface area contributed by atoms with E-state index in [4.69, 9.17) is 4.74 Å². The molecule has 0 N–H and O–H groups in total. The third-order valence-electron chi connectivity index (χ3n) is 2.02. The Morgan fingerprint density at radius 1 is 1.25 bits per heavy atom. The van der Waals surface area contributed by atoms with Crippen molar-refractivity contribution in [3.63, 3.8) is 0 Å². The SMILES string of the molecule is CCCC(=NC(=O)c1ccccc1)OCC. The van der Waals surface area contributed by atoms with E-state index in [9.17, 15) is 4.79 Å². The summed E-state index contributed by atoms with van der Waals surface area (Å²) in [6, 6.07) is 9.02. The van der Waals surface area contributed by atoms with E-state index in [0.717, 1.165) is 6.42 Å². The van der Waals surface area contributed by atoms with Crippen LogP contribution >= 0.6 is 0 Å². The molecule has 3 nitrogen and oxygen atoms in total. The fraction of sp³-hybridized carbons (Fsp3) is 0.385. The Morgan fingerprint density at radius 2 is 1.94 bits per heavy atom. The van der Waals surface area contributed by atoms with Crippen LogP contribution < -0.4 is 0 Å². The number of ether oxygens (including phenoxy) is 1. The highest BCUT2D eigenvalue weighted by molar-refractivity contribution is 6.01. The van der Waals surface area contributed by atoms with Gasteiger partial charge in [0.2, 0.25) is 0 Å². The van der Waals surface area contributed by atoms with Gasteiger partial charge in [0.1, 0.15) is 0 Å². The average molecular weight is 219 g/mol. The molecule has 0 spiro atoms. The smallest absolute Gasteiger partial charge is 0.279 e. The summed E-state index contributed by atoms with van der Waals surface area (Å²) < 4.78 is 5.30. The monoisotopic (exact) mass is 219 g/mol. The molecule has 0 aliphatic rings. The van der Waals surface area contributed by atoms with Gasteiger partial charge in [0.05, 0.1) is 6.61 Å². The van der Waals surface area contributed by atoms with Crippen LogP contribution in [0.1, 0.15) is 37.0 Å². The molecule has 1 aromatic carbocycles. The molecule has 0 aliphatic carbocycles. The number of rotatable bonds is 4. The highest BCUT2D eigenvalue weighted by Gasteiger charge is 2.06. The average Bonchev–Trinajstić information content (AvgIpc) is 2.31. The second-order valence-corrected chi connectivity index (χ2v) is 3.36. The van der Waals surface area contributed by atoms with E-state index in [1.165, 1.54) is 0 Å². The molecule has 86 valence electrons. The molecule has 0 bridgehead atoms. The zero-order valence-electron chi connectivity index (χ0n) is 9.77. The van der Waals surface area contributed by atoms with E-state index in [-0.39, 0.29) is 5.91 Å². The first-order valence-electron chi connectivity index (χ1n) is 5.57. The summed E-state index contributed by atoms with van der Waals surface area (Å²) in [6.07, 6.45) is 1.62. The fourth-order valence-corrected chi connectivity index (χ4v) is 1.30. The molecule has 16 heavy (non-hydrogen) atoms. The van der Waals surface area contributed by atoms with Crippen LogP contribution in [-0.2, 0) is 4.74 Å². The molecule has 0 aliphatic heterocycles. The lowest BCUT2D eigenvalue weighted by Crippen LogP contribution is -2.08. The Balaban J connectivity index is 2.76. The lowest BCUT2D eigenvalue weighted by atomic mass is 10.2. The molecule has 0 unspecified atom stereocenters. The molecule has 0 saturated carbocycles. The van der Waals surface area contributed by atoms with Crippen LogP contribution in [0.3, 0.4) is 0 Å². The molecular weight excluding hydrogens is 202 g/mol. The standard InChI is InChI=1S/C13H17NO2/c1-3-8-12(16-4-2)14-13(15)11-9-6-5-7-10-11/h5-7,9-10H,3-4,8H2,1-2H3. The summed E-state index contributed by atoms with van der Waals surface area (Å²) in [5.74, 6) is 0.288. The molecule has 0 heterocycles. The Bertz CT molecular complexity index is 349. The molecule has 0 radical (unpaired) electrons. The first-order chi connectivity index (χ1) is 7.77. The van der Waals surface area contributed by atoms with Crippen molar-refractivity contribution < 1.29 is 9.53 Å². The van der Waals surface area contributed by atoms with Crippen LogP contribution in [0.15, 0.2) is 35.3 Å². The van der Waals surface area contributed by atoms with Crippen LogP contribution in [0.5, 0.6) is 0 Å². The predicted octanol–water partition coefficient (Wildman–Crippen LogP) is 3.06. The van der Waals surface area contributed by atoms with Crippen LogP contribution in [0.4, 0.5) is 0 Å². The molecule has 1 rings (SSSR count). The maximum Gasteiger partial charge on any atom is 0.279 e. The molecule has 0 atom stereocenters. The van der Waals surface area contributed by atoms with Gasteiger partial charge in [0.15, 0.2) is 5.90 Å². The third-order valence-corrected chi connectivity index (χ3v) is 2.02. The number of nitrogens with zero attached hydrogens (tertiary/aromatic N) is 1. The minimum absolute atomic E-state index is 0.238. The highest BCUT2D eigenvalue weighted by Crippen LogP contribution is 2.03. The lowest BCUT2D eigenvalue weighted by molar-refractivity contribution is 0.0998. The van der Waals surface area contributed by atoms with Crippen molar-refractivity contribution >= 4 is 11.8 Å². The number of benzene rings is 1. The Kier molecular flexibility index (Phi) is 5.26. The largest absolute Gasteiger partial charge is 0.481 e. The van der Waals surface area contributed by atoms with Gasteiger partial charge >= 0.3 is 0 Å². The van der Waals surface area contributed by atoms with Gasteiger partial charge in [0, 0.05) is 12.0 Å². The van der Waals surface area contributed by atoms with Crippen LogP contribution in [-0.4, -0.2) is 18.4 Å². The molecule has 0 aromatic heterocycles. The van der Waals surface area contributed by atoms with Gasteiger partial charge in [-0.1, -0.05) is 25.1 Å². The zero-order chi connectivity index (χ0) is 11.8. The lowest BCUT2D eigenvalue weighted by Gasteiger charge is -2.05. The van der Waals surface area contributed by atoms with Gasteiger partial charge in [-0.3, -0.25) is 4.79 Å². The van der Waals surface area contributed by atoms with Gasteiger partial charge < -0.3 is 4.74 Å². The van der Waals surface area contributed by atoms with Gasteiger partial charge in [-0.15, -0.1) is 0 Å². The second-order valence-electron chi connectivity index (χ2n) is 3.36. The van der Waals surface area contributed by atoms with Crippen LogP contribution in [0, 0.1) is 0 Å². The van der Waals surface area contributed by atoms with E-state index in [1.54, 1.807) is 12.1 Å². The molecule has 3 heteroatoms. The number of hydrogen-bond acceptors (Lipinski definition) is 2. The van der Waals surface area contributed by atoms with Gasteiger partial charge in [-0.05, 0) is 25.5 Å². The quantitative estimate of drug-likeness (QED) is 0.576. The van der Waals surface area contributed by atoms with Crippen molar-refractivity contribution in [3.8, 4) is 0 Å². The topological polar surface area (TPSA) is 38.7 Å². The maximum absolute atomic E-state index is 11.7. The van der Waals surface area contributed by atoms with Crippen LogP contribution in [0.2, 0.25) is 0 Å². The molecule has 1 aromatic rings. The first kappa shape index (κ1) is 12.4. The van der Waals surface area contributed by atoms with E-state index in [2.05, 4.69) is 4.99 Å². The summed E-state index contributed by atoms with van der Waals surface area (Å²) in [5, 5.41) is 0. The predicted molar refractivity (Wildman–Crippen MR) is 64.7 cm³/mol. The van der Waals surface area contributed by atoms with Crippen molar-refractivity contribution in [2.24, 2.45) is 4.99 Å². The molecule has 0 fully saturated rings. The summed E-state index contributed by atoms with van der Waals surface area (Å²) in [6.45, 7) is 4.46. The Morgan fingerprint density at radius 3 is 2.50 bits per heavy atom.